The van der Waals surface area contributed by atoms with Crippen LogP contribution in [0.4, 0.5) is 0 Å². The largest absolute Gasteiger partial charge is 0.103 e. The molecule has 0 heterocycles. The lowest BCUT2D eigenvalue weighted by molar-refractivity contribution is 0.434. The molecule has 0 nitrogen and oxygen atoms in total. The number of hydrogen-bond donors (Lipinski definition) is 0. The summed E-state index contributed by atoms with van der Waals surface area (Å²) in [5.41, 5.74) is 0. The van der Waals surface area contributed by atoms with E-state index in [1.165, 1.54) is 38.5 Å². The van der Waals surface area contributed by atoms with Gasteiger partial charge in [-0.1, -0.05) is 45.3 Å². The first kappa shape index (κ1) is 13.5. The Labute approximate surface area is 90.1 Å². The fourth-order valence-corrected chi connectivity index (χ4v) is 1.81. The van der Waals surface area contributed by atoms with E-state index in [9.17, 15) is 0 Å². The van der Waals surface area contributed by atoms with Crippen LogP contribution in [0, 0.1) is 11.8 Å². The number of rotatable bonds is 9. The molecule has 2 unspecified atom stereocenters. The molecule has 0 aliphatic heterocycles. The lowest BCUT2D eigenvalue weighted by Crippen LogP contribution is -2.04. The summed E-state index contributed by atoms with van der Waals surface area (Å²) >= 11 is 0. The van der Waals surface area contributed by atoms with Gasteiger partial charge in [-0.05, 0) is 31.1 Å². The van der Waals surface area contributed by atoms with Crippen molar-refractivity contribution in [2.75, 3.05) is 0 Å². The second kappa shape index (κ2) is 9.05. The average Bonchev–Trinajstić information content (AvgIpc) is 2.23. The first-order chi connectivity index (χ1) is 6.78. The Bertz CT molecular complexity index is 146. The molecule has 14 heavy (non-hydrogen) atoms. The van der Waals surface area contributed by atoms with Crippen molar-refractivity contribution in [1.82, 2.24) is 0 Å². The molecule has 0 aliphatic carbocycles. The summed E-state index contributed by atoms with van der Waals surface area (Å²) in [6.45, 7) is 12.3. The predicted octanol–water partition coefficient (Wildman–Crippen LogP) is 4.97. The van der Waals surface area contributed by atoms with Crippen LogP contribution in [-0.2, 0) is 0 Å². The van der Waals surface area contributed by atoms with E-state index in [1.54, 1.807) is 0 Å². The second-order valence-corrected chi connectivity index (χ2v) is 4.13. The molecule has 0 rings (SSSR count). The van der Waals surface area contributed by atoms with Crippen molar-refractivity contribution in [3.63, 3.8) is 0 Å². The van der Waals surface area contributed by atoms with Crippen LogP contribution in [0.3, 0.4) is 0 Å². The van der Waals surface area contributed by atoms with E-state index in [-0.39, 0.29) is 0 Å². The van der Waals surface area contributed by atoms with Crippen molar-refractivity contribution >= 4 is 0 Å². The molecule has 0 heteroatoms. The molecular weight excluding hydrogens is 168 g/mol. The second-order valence-electron chi connectivity index (χ2n) is 4.13. The van der Waals surface area contributed by atoms with Crippen LogP contribution in [0.1, 0.15) is 52.4 Å². The van der Waals surface area contributed by atoms with Crippen LogP contribution < -0.4 is 0 Å². The highest BCUT2D eigenvalue weighted by Crippen LogP contribution is 2.22. The van der Waals surface area contributed by atoms with Crippen molar-refractivity contribution < 1.29 is 0 Å². The van der Waals surface area contributed by atoms with Crippen LogP contribution in [-0.4, -0.2) is 0 Å². The zero-order chi connectivity index (χ0) is 10.8. The Morgan fingerprint density at radius 3 is 2.07 bits per heavy atom. The van der Waals surface area contributed by atoms with Gasteiger partial charge in [0.25, 0.3) is 0 Å². The fraction of sp³-hybridized carbons (Fsp3) is 0.714. The van der Waals surface area contributed by atoms with E-state index < -0.39 is 0 Å². The third kappa shape index (κ3) is 6.01. The summed E-state index contributed by atoms with van der Waals surface area (Å²) < 4.78 is 0. The molecule has 0 saturated heterocycles. The summed E-state index contributed by atoms with van der Waals surface area (Å²) in [5, 5.41) is 0. The highest BCUT2D eigenvalue weighted by molar-refractivity contribution is 4.86. The molecule has 0 aliphatic rings. The lowest BCUT2D eigenvalue weighted by Gasteiger charge is -2.16. The molecule has 2 atom stereocenters. The normalized spacial score (nSPS) is 14.7. The Morgan fingerprint density at radius 1 is 1.00 bits per heavy atom. The molecule has 82 valence electrons. The maximum atomic E-state index is 3.93. The van der Waals surface area contributed by atoms with Gasteiger partial charge in [0.15, 0.2) is 0 Å². The lowest BCUT2D eigenvalue weighted by atomic mass is 9.89. The van der Waals surface area contributed by atoms with Gasteiger partial charge < -0.3 is 0 Å². The molecule has 0 N–H and O–H groups in total. The van der Waals surface area contributed by atoms with E-state index in [1.807, 2.05) is 0 Å². The summed E-state index contributed by atoms with van der Waals surface area (Å²) in [6.07, 6.45) is 12.0. The highest BCUT2D eigenvalue weighted by atomic mass is 14.1. The fourth-order valence-electron chi connectivity index (χ4n) is 1.81. The Balaban J connectivity index is 3.76. The quantitative estimate of drug-likeness (QED) is 0.359. The third-order valence-corrected chi connectivity index (χ3v) is 2.98. The first-order valence-electron chi connectivity index (χ1n) is 6.03. The van der Waals surface area contributed by atoms with Crippen molar-refractivity contribution in [2.24, 2.45) is 11.8 Å². The molecule has 0 radical (unpaired) electrons. The summed E-state index contributed by atoms with van der Waals surface area (Å²) in [7, 11) is 0. The van der Waals surface area contributed by atoms with Gasteiger partial charge in [0.05, 0.1) is 0 Å². The van der Waals surface area contributed by atoms with Crippen molar-refractivity contribution in [2.45, 2.75) is 52.4 Å². The van der Waals surface area contributed by atoms with Crippen LogP contribution in [0.5, 0.6) is 0 Å². The maximum Gasteiger partial charge on any atom is -0.0231 e. The van der Waals surface area contributed by atoms with E-state index >= 15 is 0 Å². The number of unbranched alkanes of at least 4 members (excludes halogenated alkanes) is 2. The molecule has 0 saturated carbocycles. The molecule has 0 fully saturated rings. The van der Waals surface area contributed by atoms with E-state index in [0.29, 0.717) is 11.8 Å². The minimum atomic E-state index is 0.680. The van der Waals surface area contributed by atoms with Crippen molar-refractivity contribution in [3.8, 4) is 0 Å². The van der Waals surface area contributed by atoms with Gasteiger partial charge in [0.1, 0.15) is 0 Å². The smallest absolute Gasteiger partial charge is 0.0231 e. The van der Waals surface area contributed by atoms with Crippen LogP contribution in [0.15, 0.2) is 25.3 Å². The van der Waals surface area contributed by atoms with Gasteiger partial charge in [-0.2, -0.15) is 0 Å². The van der Waals surface area contributed by atoms with E-state index in [2.05, 4.69) is 39.2 Å². The van der Waals surface area contributed by atoms with Gasteiger partial charge in [-0.25, -0.2) is 0 Å². The maximum absolute atomic E-state index is 3.93. The zero-order valence-corrected chi connectivity index (χ0v) is 9.97. The van der Waals surface area contributed by atoms with E-state index in [0.717, 1.165) is 0 Å². The number of hydrogen-bond acceptors (Lipinski definition) is 0. The van der Waals surface area contributed by atoms with Gasteiger partial charge >= 0.3 is 0 Å². The van der Waals surface area contributed by atoms with Gasteiger partial charge in [0, 0.05) is 0 Å². The van der Waals surface area contributed by atoms with Crippen LogP contribution >= 0.6 is 0 Å². The zero-order valence-electron chi connectivity index (χ0n) is 9.97. The average molecular weight is 194 g/mol. The van der Waals surface area contributed by atoms with Crippen LogP contribution in [0.2, 0.25) is 0 Å². The standard InChI is InChI=1S/C14H26/c1-5-9-10-11-14(8-4)12-13(6-2)7-3/h6,8,13-14H,2,4-5,7,9-12H2,1,3H3. The minimum Gasteiger partial charge on any atom is -0.103 e. The Hall–Kier alpha value is -0.520. The summed E-state index contributed by atoms with van der Waals surface area (Å²) in [6, 6.07) is 0. The Kier molecular flexibility index (Phi) is 8.72. The molecular formula is C14H26. The van der Waals surface area contributed by atoms with Crippen molar-refractivity contribution in [1.29, 1.82) is 0 Å². The first-order valence-corrected chi connectivity index (χ1v) is 6.03. The van der Waals surface area contributed by atoms with Gasteiger partial charge in [-0.15, -0.1) is 13.2 Å². The monoisotopic (exact) mass is 194 g/mol. The molecule has 0 aromatic carbocycles. The molecule has 0 spiro atoms. The van der Waals surface area contributed by atoms with Crippen LogP contribution in [0.25, 0.3) is 0 Å². The highest BCUT2D eigenvalue weighted by Gasteiger charge is 2.09. The Morgan fingerprint density at radius 2 is 1.64 bits per heavy atom. The van der Waals surface area contributed by atoms with E-state index in [4.69, 9.17) is 0 Å². The van der Waals surface area contributed by atoms with Crippen molar-refractivity contribution in [3.05, 3.63) is 25.3 Å². The predicted molar refractivity (Wildman–Crippen MR) is 66.4 cm³/mol. The number of allylic oxidation sites excluding steroid dienone is 2. The molecule has 0 aromatic heterocycles. The SMILES string of the molecule is C=CC(CC)CC(C=C)CCCCC. The summed E-state index contributed by atoms with van der Waals surface area (Å²) in [5.74, 6) is 1.38. The topological polar surface area (TPSA) is 0 Å². The minimum absolute atomic E-state index is 0.680. The molecule has 0 aromatic rings. The van der Waals surface area contributed by atoms with Gasteiger partial charge in [0.2, 0.25) is 0 Å². The summed E-state index contributed by atoms with van der Waals surface area (Å²) in [4.78, 5) is 0. The third-order valence-electron chi connectivity index (χ3n) is 2.98. The molecule has 0 bridgehead atoms. The molecule has 0 amide bonds. The van der Waals surface area contributed by atoms with Gasteiger partial charge in [-0.3, -0.25) is 0 Å².